The van der Waals surface area contributed by atoms with E-state index in [1.165, 1.54) is 0 Å². The number of halogens is 2. The molecule has 22 heavy (non-hydrogen) atoms. The summed E-state index contributed by atoms with van der Waals surface area (Å²) < 4.78 is 13.4. The Balaban J connectivity index is 2.87. The SMILES string of the molecule is CC(O)(CNC(=O)Cc1cc(F)c(Cl)cc1[N+](=O)[O-])C(=O)O. The van der Waals surface area contributed by atoms with Crippen LogP contribution in [-0.2, 0) is 16.0 Å². The zero-order valence-corrected chi connectivity index (χ0v) is 12.1. The summed E-state index contributed by atoms with van der Waals surface area (Å²) in [6.45, 7) is 0.366. The Morgan fingerprint density at radius 1 is 1.50 bits per heavy atom. The highest BCUT2D eigenvalue weighted by Gasteiger charge is 2.30. The van der Waals surface area contributed by atoms with Crippen molar-refractivity contribution in [3.8, 4) is 0 Å². The molecular weight excluding hydrogens is 323 g/mol. The third-order valence-corrected chi connectivity index (χ3v) is 3.05. The quantitative estimate of drug-likeness (QED) is 0.523. The second-order valence-corrected chi connectivity index (χ2v) is 5.09. The Morgan fingerprint density at radius 2 is 2.09 bits per heavy atom. The molecule has 0 bridgehead atoms. The van der Waals surface area contributed by atoms with Crippen molar-refractivity contribution in [2.75, 3.05) is 6.54 Å². The summed E-state index contributed by atoms with van der Waals surface area (Å²) in [5.74, 6) is -3.28. The smallest absolute Gasteiger partial charge is 0.337 e. The number of nitro benzene ring substituents is 1. The molecule has 0 aliphatic heterocycles. The first-order valence-corrected chi connectivity index (χ1v) is 6.27. The summed E-state index contributed by atoms with van der Waals surface area (Å²) in [5.41, 5.74) is -2.95. The molecule has 1 rings (SSSR count). The molecule has 1 aromatic carbocycles. The molecule has 1 amide bonds. The van der Waals surface area contributed by atoms with Crippen LogP contribution < -0.4 is 5.32 Å². The topological polar surface area (TPSA) is 130 Å². The average Bonchev–Trinajstić information content (AvgIpc) is 2.40. The Morgan fingerprint density at radius 3 is 2.59 bits per heavy atom. The number of benzene rings is 1. The van der Waals surface area contributed by atoms with Crippen molar-refractivity contribution in [3.63, 3.8) is 0 Å². The van der Waals surface area contributed by atoms with Gasteiger partial charge >= 0.3 is 5.97 Å². The van der Waals surface area contributed by atoms with E-state index in [0.29, 0.717) is 0 Å². The number of hydrogen-bond donors (Lipinski definition) is 3. The van der Waals surface area contributed by atoms with Crippen LogP contribution in [-0.4, -0.2) is 39.2 Å². The number of rotatable bonds is 6. The Labute approximate surface area is 128 Å². The molecule has 0 saturated heterocycles. The van der Waals surface area contributed by atoms with Crippen LogP contribution in [0.4, 0.5) is 10.1 Å². The van der Waals surface area contributed by atoms with Gasteiger partial charge in [-0.2, -0.15) is 0 Å². The molecule has 0 aromatic heterocycles. The van der Waals surface area contributed by atoms with Gasteiger partial charge < -0.3 is 15.5 Å². The molecule has 8 nitrogen and oxygen atoms in total. The van der Waals surface area contributed by atoms with Crippen molar-refractivity contribution < 1.29 is 29.1 Å². The van der Waals surface area contributed by atoms with Gasteiger partial charge in [0.2, 0.25) is 5.91 Å². The monoisotopic (exact) mass is 334 g/mol. The van der Waals surface area contributed by atoms with Crippen molar-refractivity contribution in [3.05, 3.63) is 38.7 Å². The van der Waals surface area contributed by atoms with E-state index in [0.717, 1.165) is 19.1 Å². The number of nitro groups is 1. The maximum Gasteiger partial charge on any atom is 0.337 e. The first kappa shape index (κ1) is 17.8. The number of carboxylic acid groups (broad SMARTS) is 1. The largest absolute Gasteiger partial charge is 0.479 e. The van der Waals surface area contributed by atoms with E-state index in [1.807, 2.05) is 0 Å². The van der Waals surface area contributed by atoms with E-state index in [9.17, 15) is 29.2 Å². The van der Waals surface area contributed by atoms with Crippen LogP contribution in [0.1, 0.15) is 12.5 Å². The van der Waals surface area contributed by atoms with Gasteiger partial charge in [-0.15, -0.1) is 0 Å². The van der Waals surface area contributed by atoms with Crippen LogP contribution in [0.3, 0.4) is 0 Å². The Bertz CT molecular complexity index is 634. The van der Waals surface area contributed by atoms with Crippen LogP contribution in [0, 0.1) is 15.9 Å². The van der Waals surface area contributed by atoms with Crippen molar-refractivity contribution in [1.82, 2.24) is 5.32 Å². The molecular formula is C12H12ClFN2O6. The maximum atomic E-state index is 13.4. The van der Waals surface area contributed by atoms with Gasteiger partial charge in [0.25, 0.3) is 5.69 Å². The van der Waals surface area contributed by atoms with Crippen LogP contribution in [0.5, 0.6) is 0 Å². The summed E-state index contributed by atoms with van der Waals surface area (Å²) in [7, 11) is 0. The molecule has 1 atom stereocenters. The van der Waals surface area contributed by atoms with E-state index in [1.54, 1.807) is 0 Å². The number of carbonyl (C=O) groups excluding carboxylic acids is 1. The predicted octanol–water partition coefficient (Wildman–Crippen LogP) is 0.882. The molecule has 120 valence electrons. The molecule has 0 saturated carbocycles. The molecule has 0 aliphatic rings. The number of aliphatic hydroxyl groups is 1. The van der Waals surface area contributed by atoms with Crippen molar-refractivity contribution >= 4 is 29.2 Å². The van der Waals surface area contributed by atoms with Gasteiger partial charge in [-0.25, -0.2) is 9.18 Å². The number of aliphatic carboxylic acids is 1. The molecule has 10 heteroatoms. The Hall–Kier alpha value is -2.26. The fourth-order valence-electron chi connectivity index (χ4n) is 1.47. The molecule has 1 unspecified atom stereocenters. The predicted molar refractivity (Wildman–Crippen MR) is 73.0 cm³/mol. The van der Waals surface area contributed by atoms with Gasteiger partial charge in [0.15, 0.2) is 5.60 Å². The fourth-order valence-corrected chi connectivity index (χ4v) is 1.63. The van der Waals surface area contributed by atoms with Gasteiger partial charge in [0.1, 0.15) is 5.82 Å². The van der Waals surface area contributed by atoms with E-state index >= 15 is 0 Å². The van der Waals surface area contributed by atoms with E-state index in [2.05, 4.69) is 5.32 Å². The number of hydrogen-bond acceptors (Lipinski definition) is 5. The first-order chi connectivity index (χ1) is 10.0. The van der Waals surface area contributed by atoms with Gasteiger partial charge in [-0.1, -0.05) is 11.6 Å². The summed E-state index contributed by atoms with van der Waals surface area (Å²) in [6.07, 6.45) is -0.569. The number of nitrogens with one attached hydrogen (secondary N) is 1. The lowest BCUT2D eigenvalue weighted by Crippen LogP contribution is -2.46. The first-order valence-electron chi connectivity index (χ1n) is 5.89. The second-order valence-electron chi connectivity index (χ2n) is 4.68. The lowest BCUT2D eigenvalue weighted by atomic mass is 10.1. The average molecular weight is 335 g/mol. The zero-order chi connectivity index (χ0) is 17.1. The highest BCUT2D eigenvalue weighted by Crippen LogP contribution is 2.26. The third kappa shape index (κ3) is 4.37. The lowest BCUT2D eigenvalue weighted by Gasteiger charge is -2.18. The van der Waals surface area contributed by atoms with Gasteiger partial charge in [-0.3, -0.25) is 14.9 Å². The van der Waals surface area contributed by atoms with E-state index in [-0.39, 0.29) is 5.56 Å². The highest BCUT2D eigenvalue weighted by atomic mass is 35.5. The van der Waals surface area contributed by atoms with E-state index < -0.39 is 51.9 Å². The lowest BCUT2D eigenvalue weighted by molar-refractivity contribution is -0.385. The molecule has 0 radical (unpaired) electrons. The van der Waals surface area contributed by atoms with Gasteiger partial charge in [0.05, 0.1) is 22.9 Å². The van der Waals surface area contributed by atoms with Crippen LogP contribution >= 0.6 is 11.6 Å². The van der Waals surface area contributed by atoms with Crippen molar-refractivity contribution in [2.45, 2.75) is 18.9 Å². The standard InChI is InChI=1S/C12H12ClFN2O6/c1-12(20,11(18)19)5-15-10(17)3-6-2-8(14)7(13)4-9(6)16(21)22/h2,4,20H,3,5H2,1H3,(H,15,17)(H,18,19). The van der Waals surface area contributed by atoms with Crippen molar-refractivity contribution in [1.29, 1.82) is 0 Å². The molecule has 0 aliphatic carbocycles. The number of nitrogens with zero attached hydrogens (tertiary/aromatic N) is 1. The van der Waals surface area contributed by atoms with Crippen LogP contribution in [0.15, 0.2) is 12.1 Å². The normalized spacial score (nSPS) is 13.3. The summed E-state index contributed by atoms with van der Waals surface area (Å²) in [5, 5.41) is 30.6. The number of carbonyl (C=O) groups is 2. The second kappa shape index (κ2) is 6.67. The summed E-state index contributed by atoms with van der Waals surface area (Å²) in [4.78, 5) is 32.4. The Kier molecular flexibility index (Phi) is 5.39. The minimum Gasteiger partial charge on any atom is -0.479 e. The van der Waals surface area contributed by atoms with E-state index in [4.69, 9.17) is 16.7 Å². The molecule has 0 fully saturated rings. The van der Waals surface area contributed by atoms with Gasteiger partial charge in [-0.05, 0) is 13.0 Å². The number of carboxylic acids is 1. The molecule has 0 heterocycles. The molecule has 0 spiro atoms. The summed E-state index contributed by atoms with van der Waals surface area (Å²) in [6, 6.07) is 1.54. The third-order valence-electron chi connectivity index (χ3n) is 2.76. The minimum atomic E-state index is -2.19. The molecule has 1 aromatic rings. The zero-order valence-electron chi connectivity index (χ0n) is 11.3. The number of amides is 1. The van der Waals surface area contributed by atoms with Gasteiger partial charge in [0, 0.05) is 11.6 Å². The fraction of sp³-hybridized carbons (Fsp3) is 0.333. The van der Waals surface area contributed by atoms with Crippen LogP contribution in [0.25, 0.3) is 0 Å². The van der Waals surface area contributed by atoms with Crippen LogP contribution in [0.2, 0.25) is 5.02 Å². The van der Waals surface area contributed by atoms with Crippen molar-refractivity contribution in [2.24, 2.45) is 0 Å². The summed E-state index contributed by atoms with van der Waals surface area (Å²) >= 11 is 5.44. The highest BCUT2D eigenvalue weighted by molar-refractivity contribution is 6.31. The maximum absolute atomic E-state index is 13.4. The molecule has 3 N–H and O–H groups in total. The minimum absolute atomic E-state index is 0.223.